The van der Waals surface area contributed by atoms with Crippen molar-refractivity contribution in [2.45, 2.75) is 39.2 Å². The van der Waals surface area contributed by atoms with Crippen molar-refractivity contribution in [2.24, 2.45) is 5.92 Å². The van der Waals surface area contributed by atoms with Crippen LogP contribution in [0.2, 0.25) is 0 Å². The van der Waals surface area contributed by atoms with Gasteiger partial charge in [0.2, 0.25) is 0 Å². The molecule has 8 nitrogen and oxygen atoms in total. The van der Waals surface area contributed by atoms with Crippen molar-refractivity contribution in [3.8, 4) is 0 Å². The molecule has 1 fully saturated rings. The van der Waals surface area contributed by atoms with Crippen molar-refractivity contribution in [2.75, 3.05) is 31.6 Å². The van der Waals surface area contributed by atoms with Crippen LogP contribution in [0.1, 0.15) is 33.6 Å². The molecule has 138 valence electrons. The van der Waals surface area contributed by atoms with E-state index in [2.05, 4.69) is 4.98 Å². The van der Waals surface area contributed by atoms with Crippen molar-refractivity contribution < 1.29 is 14.5 Å². The lowest BCUT2D eigenvalue weighted by Gasteiger charge is -2.35. The number of piperidine rings is 1. The van der Waals surface area contributed by atoms with Gasteiger partial charge in [-0.2, -0.15) is 0 Å². The Hall–Kier alpha value is -2.38. The molecule has 0 saturated carbocycles. The van der Waals surface area contributed by atoms with E-state index in [1.807, 2.05) is 32.7 Å². The lowest BCUT2D eigenvalue weighted by atomic mass is 9.98. The number of rotatable bonds is 4. The SMILES string of the molecule is CN(CC1CCCN(C(=O)OC(C)(C)C)C1)c1ccc([N+](=O)[O-])cn1. The summed E-state index contributed by atoms with van der Waals surface area (Å²) in [6.07, 6.45) is 2.95. The molecule has 0 bridgehead atoms. The topological polar surface area (TPSA) is 88.8 Å². The summed E-state index contributed by atoms with van der Waals surface area (Å²) in [5.74, 6) is 0.989. The molecule has 8 heteroatoms. The maximum Gasteiger partial charge on any atom is 0.410 e. The first-order valence-electron chi connectivity index (χ1n) is 8.45. The van der Waals surface area contributed by atoms with Gasteiger partial charge in [0.25, 0.3) is 5.69 Å². The van der Waals surface area contributed by atoms with Crippen LogP contribution in [0.5, 0.6) is 0 Å². The zero-order chi connectivity index (χ0) is 18.6. The van der Waals surface area contributed by atoms with E-state index in [0.717, 1.165) is 19.4 Å². The fourth-order valence-electron chi connectivity index (χ4n) is 2.90. The highest BCUT2D eigenvalue weighted by Crippen LogP contribution is 2.22. The van der Waals surface area contributed by atoms with Crippen molar-refractivity contribution in [1.82, 2.24) is 9.88 Å². The normalized spacial score (nSPS) is 17.9. The molecule has 1 saturated heterocycles. The predicted molar refractivity (Wildman–Crippen MR) is 94.7 cm³/mol. The number of hydrogen-bond donors (Lipinski definition) is 0. The lowest BCUT2D eigenvalue weighted by molar-refractivity contribution is -0.385. The van der Waals surface area contributed by atoms with Gasteiger partial charge in [0.1, 0.15) is 17.6 Å². The zero-order valence-corrected chi connectivity index (χ0v) is 15.3. The molecule has 2 rings (SSSR count). The molecule has 1 aromatic rings. The van der Waals surface area contributed by atoms with Crippen LogP contribution in [0.4, 0.5) is 16.3 Å². The fraction of sp³-hybridized carbons (Fsp3) is 0.647. The molecule has 1 aromatic heterocycles. The first-order valence-corrected chi connectivity index (χ1v) is 8.45. The number of ether oxygens (including phenoxy) is 1. The van der Waals surface area contributed by atoms with E-state index in [1.165, 1.54) is 12.3 Å². The van der Waals surface area contributed by atoms with Gasteiger partial charge in [-0.05, 0) is 45.6 Å². The van der Waals surface area contributed by atoms with Crippen molar-refractivity contribution >= 4 is 17.6 Å². The summed E-state index contributed by atoms with van der Waals surface area (Å²) in [6, 6.07) is 3.10. The molecule has 0 radical (unpaired) electrons. The maximum atomic E-state index is 12.2. The quantitative estimate of drug-likeness (QED) is 0.612. The molecule has 2 heterocycles. The maximum absolute atomic E-state index is 12.2. The second-order valence-electron chi connectivity index (χ2n) is 7.45. The van der Waals surface area contributed by atoms with Crippen LogP contribution in [0.25, 0.3) is 0 Å². The number of carbonyl (C=O) groups excluding carboxylic acids is 1. The van der Waals surface area contributed by atoms with Gasteiger partial charge in [-0.3, -0.25) is 10.1 Å². The van der Waals surface area contributed by atoms with E-state index in [4.69, 9.17) is 4.74 Å². The Morgan fingerprint density at radius 2 is 2.20 bits per heavy atom. The molecule has 1 amide bonds. The third-order valence-electron chi connectivity index (χ3n) is 4.04. The largest absolute Gasteiger partial charge is 0.444 e. The number of aromatic nitrogens is 1. The monoisotopic (exact) mass is 350 g/mol. The molecule has 25 heavy (non-hydrogen) atoms. The standard InChI is InChI=1S/C17H26N4O4/c1-17(2,3)25-16(22)20-9-5-6-13(12-20)11-19(4)15-8-7-14(10-18-15)21(23)24/h7-8,10,13H,5-6,9,11-12H2,1-4H3. The summed E-state index contributed by atoms with van der Waals surface area (Å²) in [5, 5.41) is 10.7. The van der Waals surface area contributed by atoms with Gasteiger partial charge in [0.05, 0.1) is 4.92 Å². The second kappa shape index (κ2) is 7.67. The van der Waals surface area contributed by atoms with Gasteiger partial charge < -0.3 is 14.5 Å². The third-order valence-corrected chi connectivity index (χ3v) is 4.04. The molecule has 1 aliphatic rings. The van der Waals surface area contributed by atoms with Gasteiger partial charge in [0, 0.05) is 32.7 Å². The van der Waals surface area contributed by atoms with Crippen molar-refractivity contribution in [1.29, 1.82) is 0 Å². The summed E-state index contributed by atoms with van der Waals surface area (Å²) in [6.45, 7) is 7.67. The highest BCUT2D eigenvalue weighted by Gasteiger charge is 2.28. The molecule has 1 atom stereocenters. The minimum absolute atomic E-state index is 0.0223. The van der Waals surface area contributed by atoms with Crippen LogP contribution in [-0.4, -0.2) is 53.2 Å². The molecular formula is C17H26N4O4. The average Bonchev–Trinajstić information content (AvgIpc) is 2.53. The Bertz CT molecular complexity index is 612. The summed E-state index contributed by atoms with van der Waals surface area (Å²) in [5.41, 5.74) is -0.519. The fourth-order valence-corrected chi connectivity index (χ4v) is 2.90. The lowest BCUT2D eigenvalue weighted by Crippen LogP contribution is -2.45. The Balaban J connectivity index is 1.93. The van der Waals surface area contributed by atoms with Gasteiger partial charge in [-0.25, -0.2) is 9.78 Å². The van der Waals surface area contributed by atoms with Crippen LogP contribution in [0, 0.1) is 16.0 Å². The first kappa shape index (κ1) is 19.0. The smallest absolute Gasteiger partial charge is 0.410 e. The van der Waals surface area contributed by atoms with Crippen molar-refractivity contribution in [3.63, 3.8) is 0 Å². The number of hydrogen-bond acceptors (Lipinski definition) is 6. The van der Waals surface area contributed by atoms with Crippen LogP contribution in [-0.2, 0) is 4.74 Å². The molecule has 0 aromatic carbocycles. The number of pyridine rings is 1. The Morgan fingerprint density at radius 3 is 2.76 bits per heavy atom. The van der Waals surface area contributed by atoms with E-state index in [0.29, 0.717) is 24.8 Å². The van der Waals surface area contributed by atoms with Crippen LogP contribution in [0.3, 0.4) is 0 Å². The summed E-state index contributed by atoms with van der Waals surface area (Å²) in [7, 11) is 1.90. The Kier molecular flexibility index (Phi) is 5.81. The third kappa shape index (κ3) is 5.58. The summed E-state index contributed by atoms with van der Waals surface area (Å²) < 4.78 is 5.45. The minimum atomic E-state index is -0.497. The predicted octanol–water partition coefficient (Wildman–Crippen LogP) is 3.07. The summed E-state index contributed by atoms with van der Waals surface area (Å²) >= 11 is 0. The van der Waals surface area contributed by atoms with Gasteiger partial charge in [0.15, 0.2) is 0 Å². The van der Waals surface area contributed by atoms with E-state index in [-0.39, 0.29) is 11.8 Å². The number of likely N-dealkylation sites (tertiary alicyclic amines) is 1. The number of nitro groups is 1. The molecule has 1 unspecified atom stereocenters. The molecule has 0 spiro atoms. The van der Waals surface area contributed by atoms with E-state index in [9.17, 15) is 14.9 Å². The van der Waals surface area contributed by atoms with Gasteiger partial charge in [-0.15, -0.1) is 0 Å². The van der Waals surface area contributed by atoms with Crippen molar-refractivity contribution in [3.05, 3.63) is 28.4 Å². The second-order valence-corrected chi connectivity index (χ2v) is 7.45. The van der Waals surface area contributed by atoms with Gasteiger partial charge >= 0.3 is 6.09 Å². The number of amides is 1. The zero-order valence-electron chi connectivity index (χ0n) is 15.3. The first-order chi connectivity index (χ1) is 11.7. The van der Waals surface area contributed by atoms with Crippen LogP contribution >= 0.6 is 0 Å². The Labute approximate surface area is 147 Å². The van der Waals surface area contributed by atoms with E-state index in [1.54, 1.807) is 11.0 Å². The van der Waals surface area contributed by atoms with E-state index >= 15 is 0 Å². The number of carbonyl (C=O) groups is 1. The minimum Gasteiger partial charge on any atom is -0.444 e. The number of nitrogens with zero attached hydrogens (tertiary/aromatic N) is 4. The average molecular weight is 350 g/mol. The highest BCUT2D eigenvalue weighted by molar-refractivity contribution is 5.68. The highest BCUT2D eigenvalue weighted by atomic mass is 16.6. The molecule has 1 aliphatic heterocycles. The molecule has 0 N–H and O–H groups in total. The molecule has 0 aliphatic carbocycles. The van der Waals surface area contributed by atoms with Crippen LogP contribution in [0.15, 0.2) is 18.3 Å². The van der Waals surface area contributed by atoms with E-state index < -0.39 is 10.5 Å². The molecular weight excluding hydrogens is 324 g/mol. The van der Waals surface area contributed by atoms with Gasteiger partial charge in [-0.1, -0.05) is 0 Å². The Morgan fingerprint density at radius 1 is 1.48 bits per heavy atom. The van der Waals surface area contributed by atoms with Crippen LogP contribution < -0.4 is 4.90 Å². The number of anilines is 1. The summed E-state index contributed by atoms with van der Waals surface area (Å²) in [4.78, 5) is 30.3.